The van der Waals surface area contributed by atoms with Crippen molar-refractivity contribution in [2.45, 2.75) is 12.8 Å². The number of anilines is 2. The van der Waals surface area contributed by atoms with Gasteiger partial charge in [-0.1, -0.05) is 54.1 Å². The van der Waals surface area contributed by atoms with Crippen molar-refractivity contribution in [3.05, 3.63) is 83.1 Å². The van der Waals surface area contributed by atoms with Gasteiger partial charge in [-0.15, -0.1) is 0 Å². The molecule has 6 heteroatoms. The molecule has 2 aromatic carbocycles. The lowest BCUT2D eigenvalue weighted by Gasteiger charge is -2.08. The zero-order valence-electron chi connectivity index (χ0n) is 14.2. The summed E-state index contributed by atoms with van der Waals surface area (Å²) in [6.07, 6.45) is 4.80. The number of carbonyl (C=O) groups is 1. The maximum Gasteiger partial charge on any atom is 0.254 e. The highest BCUT2D eigenvalue weighted by Gasteiger charge is 2.07. The largest absolute Gasteiger partial charge is 0.352 e. The second kappa shape index (κ2) is 8.97. The molecule has 0 saturated heterocycles. The van der Waals surface area contributed by atoms with Crippen LogP contribution in [0.25, 0.3) is 0 Å². The van der Waals surface area contributed by atoms with Crippen LogP contribution in [0.1, 0.15) is 22.3 Å². The second-order valence-electron chi connectivity index (χ2n) is 5.75. The van der Waals surface area contributed by atoms with Crippen LogP contribution in [0.5, 0.6) is 0 Å². The third-order valence-corrected chi connectivity index (χ3v) is 4.13. The van der Waals surface area contributed by atoms with Gasteiger partial charge in [-0.2, -0.15) is 0 Å². The summed E-state index contributed by atoms with van der Waals surface area (Å²) < 4.78 is 0. The Labute approximate surface area is 157 Å². The Bertz CT molecular complexity index is 853. The number of amides is 1. The van der Waals surface area contributed by atoms with E-state index in [0.29, 0.717) is 28.8 Å². The molecule has 0 aliphatic rings. The molecule has 0 radical (unpaired) electrons. The van der Waals surface area contributed by atoms with Gasteiger partial charge in [-0.05, 0) is 30.5 Å². The second-order valence-corrected chi connectivity index (χ2v) is 6.15. The van der Waals surface area contributed by atoms with Gasteiger partial charge in [0.25, 0.3) is 5.91 Å². The Morgan fingerprint density at radius 1 is 0.962 bits per heavy atom. The Balaban J connectivity index is 1.48. The molecule has 0 saturated carbocycles. The molecule has 26 heavy (non-hydrogen) atoms. The predicted molar refractivity (Wildman–Crippen MR) is 104 cm³/mol. The summed E-state index contributed by atoms with van der Waals surface area (Å²) in [5.41, 5.74) is 2.40. The number of para-hydroxylation sites is 1. The van der Waals surface area contributed by atoms with Gasteiger partial charge in [0.15, 0.2) is 0 Å². The van der Waals surface area contributed by atoms with E-state index in [1.807, 2.05) is 36.4 Å². The van der Waals surface area contributed by atoms with Crippen LogP contribution in [0.4, 0.5) is 11.6 Å². The molecule has 0 aliphatic heterocycles. The van der Waals surface area contributed by atoms with E-state index in [4.69, 9.17) is 11.6 Å². The number of rotatable bonds is 7. The van der Waals surface area contributed by atoms with Crippen LogP contribution in [-0.4, -0.2) is 22.4 Å². The lowest BCUT2D eigenvalue weighted by Crippen LogP contribution is -2.25. The highest BCUT2D eigenvalue weighted by molar-refractivity contribution is 6.33. The van der Waals surface area contributed by atoms with Crippen molar-refractivity contribution in [3.8, 4) is 0 Å². The van der Waals surface area contributed by atoms with Crippen molar-refractivity contribution in [2.75, 3.05) is 11.9 Å². The van der Waals surface area contributed by atoms with Crippen LogP contribution in [-0.2, 0) is 6.42 Å². The molecule has 0 spiro atoms. The van der Waals surface area contributed by atoms with E-state index in [-0.39, 0.29) is 5.91 Å². The first-order valence-electron chi connectivity index (χ1n) is 8.38. The fraction of sp³-hybridized carbons (Fsp3) is 0.150. The van der Waals surface area contributed by atoms with Crippen LogP contribution in [0, 0.1) is 0 Å². The minimum absolute atomic E-state index is 0.178. The van der Waals surface area contributed by atoms with Gasteiger partial charge in [0.1, 0.15) is 0 Å². The third kappa shape index (κ3) is 5.04. The van der Waals surface area contributed by atoms with Crippen molar-refractivity contribution < 1.29 is 4.79 Å². The van der Waals surface area contributed by atoms with E-state index in [1.165, 1.54) is 18.0 Å². The maximum absolute atomic E-state index is 12.1. The average Bonchev–Trinajstić information content (AvgIpc) is 2.68. The van der Waals surface area contributed by atoms with Gasteiger partial charge in [0.05, 0.1) is 16.3 Å². The van der Waals surface area contributed by atoms with Gasteiger partial charge in [0.2, 0.25) is 5.95 Å². The van der Waals surface area contributed by atoms with E-state index in [0.717, 1.165) is 12.8 Å². The Morgan fingerprint density at radius 3 is 2.38 bits per heavy atom. The molecule has 0 aliphatic carbocycles. The number of hydrogen-bond acceptors (Lipinski definition) is 4. The zero-order chi connectivity index (χ0) is 18.2. The minimum atomic E-state index is -0.178. The van der Waals surface area contributed by atoms with Gasteiger partial charge in [0, 0.05) is 18.9 Å². The molecule has 0 unspecified atom stereocenters. The number of nitrogens with one attached hydrogen (secondary N) is 2. The van der Waals surface area contributed by atoms with Crippen molar-refractivity contribution >= 4 is 29.1 Å². The molecular weight excluding hydrogens is 348 g/mol. The summed E-state index contributed by atoms with van der Waals surface area (Å²) in [5.74, 6) is 0.209. The number of carbonyl (C=O) groups excluding carboxylic acids is 1. The SMILES string of the molecule is O=C(NCCCc1ccccc1)c1cnc(Nc2ccccc2Cl)nc1. The fourth-order valence-corrected chi connectivity index (χ4v) is 2.62. The number of nitrogens with zero attached hydrogens (tertiary/aromatic N) is 2. The van der Waals surface area contributed by atoms with Crippen molar-refractivity contribution in [3.63, 3.8) is 0 Å². The molecule has 1 amide bonds. The third-order valence-electron chi connectivity index (χ3n) is 3.80. The molecule has 3 aromatic rings. The van der Waals surface area contributed by atoms with Gasteiger partial charge < -0.3 is 10.6 Å². The minimum Gasteiger partial charge on any atom is -0.352 e. The summed E-state index contributed by atoms with van der Waals surface area (Å²) in [5, 5.41) is 6.49. The molecular formula is C20H19ClN4O. The normalized spacial score (nSPS) is 10.3. The summed E-state index contributed by atoms with van der Waals surface area (Å²) in [6, 6.07) is 17.5. The molecule has 1 heterocycles. The number of aromatic nitrogens is 2. The fourth-order valence-electron chi connectivity index (χ4n) is 2.43. The Kier molecular flexibility index (Phi) is 6.17. The van der Waals surface area contributed by atoms with E-state index in [2.05, 4.69) is 32.7 Å². The monoisotopic (exact) mass is 366 g/mol. The molecule has 0 atom stereocenters. The number of benzene rings is 2. The van der Waals surface area contributed by atoms with E-state index in [9.17, 15) is 4.79 Å². The maximum atomic E-state index is 12.1. The molecule has 0 bridgehead atoms. The van der Waals surface area contributed by atoms with Gasteiger partial charge >= 0.3 is 0 Å². The predicted octanol–water partition coefficient (Wildman–Crippen LogP) is 4.24. The van der Waals surface area contributed by atoms with E-state index in [1.54, 1.807) is 6.07 Å². The summed E-state index contributed by atoms with van der Waals surface area (Å²) in [7, 11) is 0. The number of hydrogen-bond donors (Lipinski definition) is 2. The standard InChI is InChI=1S/C20H19ClN4O/c21-17-10-4-5-11-18(17)25-20-23-13-16(14-24-20)19(26)22-12-6-9-15-7-2-1-3-8-15/h1-5,7-8,10-11,13-14H,6,9,12H2,(H,22,26)(H,23,24,25). The lowest BCUT2D eigenvalue weighted by atomic mass is 10.1. The molecule has 5 nitrogen and oxygen atoms in total. The van der Waals surface area contributed by atoms with Crippen LogP contribution < -0.4 is 10.6 Å². The van der Waals surface area contributed by atoms with Crippen molar-refractivity contribution in [1.29, 1.82) is 0 Å². The highest BCUT2D eigenvalue weighted by atomic mass is 35.5. The van der Waals surface area contributed by atoms with Crippen molar-refractivity contribution in [2.24, 2.45) is 0 Å². The average molecular weight is 367 g/mol. The van der Waals surface area contributed by atoms with E-state index < -0.39 is 0 Å². The summed E-state index contributed by atoms with van der Waals surface area (Å²) in [6.45, 7) is 0.605. The van der Waals surface area contributed by atoms with Gasteiger partial charge in [-0.25, -0.2) is 9.97 Å². The Morgan fingerprint density at radius 2 is 1.65 bits per heavy atom. The Hall–Kier alpha value is -2.92. The quantitative estimate of drug-likeness (QED) is 0.614. The summed E-state index contributed by atoms with van der Waals surface area (Å²) >= 11 is 6.09. The first-order valence-corrected chi connectivity index (χ1v) is 8.76. The topological polar surface area (TPSA) is 66.9 Å². The van der Waals surface area contributed by atoms with Crippen LogP contribution in [0.3, 0.4) is 0 Å². The molecule has 132 valence electrons. The summed E-state index contributed by atoms with van der Waals surface area (Å²) in [4.78, 5) is 20.5. The number of halogens is 1. The molecule has 1 aromatic heterocycles. The first kappa shape index (κ1) is 17.9. The highest BCUT2D eigenvalue weighted by Crippen LogP contribution is 2.22. The lowest BCUT2D eigenvalue weighted by molar-refractivity contribution is 0.0952. The first-order chi connectivity index (χ1) is 12.7. The smallest absolute Gasteiger partial charge is 0.254 e. The van der Waals surface area contributed by atoms with Crippen LogP contribution in [0.2, 0.25) is 5.02 Å². The van der Waals surface area contributed by atoms with E-state index >= 15 is 0 Å². The van der Waals surface area contributed by atoms with Gasteiger partial charge in [-0.3, -0.25) is 4.79 Å². The zero-order valence-corrected chi connectivity index (χ0v) is 14.9. The number of aryl methyl sites for hydroxylation is 1. The van der Waals surface area contributed by atoms with Crippen LogP contribution >= 0.6 is 11.6 Å². The van der Waals surface area contributed by atoms with Crippen molar-refractivity contribution in [1.82, 2.24) is 15.3 Å². The molecule has 2 N–H and O–H groups in total. The molecule has 0 fully saturated rings. The molecule has 3 rings (SSSR count). The van der Waals surface area contributed by atoms with Crippen LogP contribution in [0.15, 0.2) is 67.0 Å².